The van der Waals surface area contributed by atoms with Crippen molar-refractivity contribution in [3.05, 3.63) is 101 Å². The van der Waals surface area contributed by atoms with Gasteiger partial charge >= 0.3 is 0 Å². The summed E-state index contributed by atoms with van der Waals surface area (Å²) in [5.74, 6) is 0.0124. The van der Waals surface area contributed by atoms with E-state index in [0.29, 0.717) is 17.8 Å². The molecule has 3 rings (SSSR count). The van der Waals surface area contributed by atoms with Gasteiger partial charge in [0, 0.05) is 12.1 Å². The molecule has 0 saturated heterocycles. The van der Waals surface area contributed by atoms with Gasteiger partial charge in [0.2, 0.25) is 10.0 Å². The molecule has 1 N–H and O–H groups in total. The van der Waals surface area contributed by atoms with Crippen molar-refractivity contribution < 1.29 is 13.2 Å². The predicted molar refractivity (Wildman–Crippen MR) is 126 cm³/mol. The van der Waals surface area contributed by atoms with Crippen LogP contribution in [0.3, 0.4) is 0 Å². The first-order valence-corrected chi connectivity index (χ1v) is 12.1. The minimum atomic E-state index is -3.48. The van der Waals surface area contributed by atoms with Crippen molar-refractivity contribution in [3.8, 4) is 0 Å². The summed E-state index contributed by atoms with van der Waals surface area (Å²) in [6.07, 6.45) is 1.19. The summed E-state index contributed by atoms with van der Waals surface area (Å²) in [4.78, 5) is 12.5. The standard InChI is InChI=1S/C25H28N2O3S/c1-19-9-11-21(12-10-19)18-27(31(3,29)30)24-15-13-23(14-16-24)25(28)26-17-20(2)22-7-5-4-6-8-22/h4-16,20H,17-18H2,1-3H3,(H,26,28)/t20-/m0/s1. The maximum Gasteiger partial charge on any atom is 0.251 e. The molecule has 0 radical (unpaired) electrons. The van der Waals surface area contributed by atoms with Crippen molar-refractivity contribution in [2.24, 2.45) is 0 Å². The van der Waals surface area contributed by atoms with Crippen molar-refractivity contribution in [3.63, 3.8) is 0 Å². The van der Waals surface area contributed by atoms with E-state index >= 15 is 0 Å². The zero-order valence-electron chi connectivity index (χ0n) is 18.1. The van der Waals surface area contributed by atoms with E-state index in [-0.39, 0.29) is 18.4 Å². The monoisotopic (exact) mass is 436 g/mol. The fourth-order valence-electron chi connectivity index (χ4n) is 3.29. The van der Waals surface area contributed by atoms with Gasteiger partial charge in [-0.1, -0.05) is 67.1 Å². The maximum absolute atomic E-state index is 12.5. The lowest BCUT2D eigenvalue weighted by molar-refractivity contribution is 0.0951. The largest absolute Gasteiger partial charge is 0.351 e. The quantitative estimate of drug-likeness (QED) is 0.566. The van der Waals surface area contributed by atoms with Gasteiger partial charge in [-0.3, -0.25) is 9.10 Å². The Labute approximate surface area is 184 Å². The van der Waals surface area contributed by atoms with Crippen LogP contribution in [0.1, 0.15) is 39.9 Å². The van der Waals surface area contributed by atoms with Crippen LogP contribution in [0.25, 0.3) is 0 Å². The number of hydrogen-bond donors (Lipinski definition) is 1. The van der Waals surface area contributed by atoms with E-state index in [9.17, 15) is 13.2 Å². The minimum absolute atomic E-state index is 0.182. The molecular formula is C25H28N2O3S. The molecule has 0 heterocycles. The van der Waals surface area contributed by atoms with Gasteiger partial charge in [0.25, 0.3) is 5.91 Å². The summed E-state index contributed by atoms with van der Waals surface area (Å²) in [7, 11) is -3.48. The van der Waals surface area contributed by atoms with Crippen molar-refractivity contribution in [1.82, 2.24) is 5.32 Å². The van der Waals surface area contributed by atoms with Crippen molar-refractivity contribution in [2.45, 2.75) is 26.3 Å². The van der Waals surface area contributed by atoms with E-state index in [2.05, 4.69) is 12.2 Å². The molecule has 5 nitrogen and oxygen atoms in total. The third kappa shape index (κ3) is 6.18. The van der Waals surface area contributed by atoms with Gasteiger partial charge in [-0.2, -0.15) is 0 Å². The van der Waals surface area contributed by atoms with Crippen LogP contribution in [0.4, 0.5) is 5.69 Å². The van der Waals surface area contributed by atoms with Crippen LogP contribution in [0.15, 0.2) is 78.9 Å². The molecule has 1 amide bonds. The lowest BCUT2D eigenvalue weighted by Crippen LogP contribution is -2.30. The van der Waals surface area contributed by atoms with Gasteiger partial charge in [-0.25, -0.2) is 8.42 Å². The third-order valence-electron chi connectivity index (χ3n) is 5.20. The summed E-state index contributed by atoms with van der Waals surface area (Å²) >= 11 is 0. The number of amides is 1. The topological polar surface area (TPSA) is 66.5 Å². The second kappa shape index (κ2) is 9.79. The molecule has 31 heavy (non-hydrogen) atoms. The molecule has 6 heteroatoms. The van der Waals surface area contributed by atoms with Crippen LogP contribution >= 0.6 is 0 Å². The molecule has 0 bridgehead atoms. The van der Waals surface area contributed by atoms with Crippen molar-refractivity contribution in [1.29, 1.82) is 0 Å². The molecule has 0 saturated carbocycles. The summed E-state index contributed by atoms with van der Waals surface area (Å²) in [6, 6.07) is 24.4. The van der Waals surface area contributed by atoms with E-state index in [4.69, 9.17) is 0 Å². The van der Waals surface area contributed by atoms with E-state index in [1.807, 2.05) is 61.5 Å². The first kappa shape index (κ1) is 22.6. The molecule has 0 spiro atoms. The Balaban J connectivity index is 1.69. The molecule has 3 aromatic rings. The molecule has 162 valence electrons. The normalized spacial score (nSPS) is 12.2. The molecule has 0 fully saturated rings. The number of benzene rings is 3. The first-order valence-electron chi connectivity index (χ1n) is 10.2. The highest BCUT2D eigenvalue weighted by Crippen LogP contribution is 2.22. The fraction of sp³-hybridized carbons (Fsp3) is 0.240. The van der Waals surface area contributed by atoms with E-state index in [1.54, 1.807) is 24.3 Å². The Morgan fingerprint density at radius 1 is 0.935 bits per heavy atom. The molecule has 0 aliphatic rings. The minimum Gasteiger partial charge on any atom is -0.351 e. The third-order valence-corrected chi connectivity index (χ3v) is 6.34. The molecule has 0 aromatic heterocycles. The van der Waals surface area contributed by atoms with Crippen LogP contribution < -0.4 is 9.62 Å². The van der Waals surface area contributed by atoms with Crippen LogP contribution in [-0.4, -0.2) is 27.1 Å². The Morgan fingerprint density at radius 3 is 2.13 bits per heavy atom. The van der Waals surface area contributed by atoms with Gasteiger partial charge in [0.15, 0.2) is 0 Å². The van der Waals surface area contributed by atoms with Gasteiger partial charge in [0.05, 0.1) is 18.5 Å². The zero-order valence-corrected chi connectivity index (χ0v) is 18.9. The van der Waals surface area contributed by atoms with E-state index in [1.165, 1.54) is 10.6 Å². The second-order valence-corrected chi connectivity index (χ2v) is 9.73. The Bertz CT molecular complexity index is 1110. The summed E-state index contributed by atoms with van der Waals surface area (Å²) in [6.45, 7) is 4.81. The van der Waals surface area contributed by atoms with Gasteiger partial charge < -0.3 is 5.32 Å². The summed E-state index contributed by atoms with van der Waals surface area (Å²) in [5.41, 5.74) is 4.20. The number of sulfonamides is 1. The van der Waals surface area contributed by atoms with Crippen LogP contribution in [0.2, 0.25) is 0 Å². The molecule has 3 aromatic carbocycles. The smallest absolute Gasteiger partial charge is 0.251 e. The van der Waals surface area contributed by atoms with Crippen molar-refractivity contribution in [2.75, 3.05) is 17.1 Å². The van der Waals surface area contributed by atoms with Crippen molar-refractivity contribution >= 4 is 21.6 Å². The first-order chi connectivity index (χ1) is 14.7. The fourth-order valence-corrected chi connectivity index (χ4v) is 4.17. The lowest BCUT2D eigenvalue weighted by atomic mass is 10.0. The number of nitrogens with zero attached hydrogens (tertiary/aromatic N) is 1. The number of carbonyl (C=O) groups is 1. The Hall–Kier alpha value is -3.12. The number of aryl methyl sites for hydroxylation is 1. The van der Waals surface area contributed by atoms with Crippen LogP contribution in [-0.2, 0) is 16.6 Å². The van der Waals surface area contributed by atoms with Gasteiger partial charge in [-0.05, 0) is 48.2 Å². The Kier molecular flexibility index (Phi) is 7.13. The highest BCUT2D eigenvalue weighted by atomic mass is 32.2. The Morgan fingerprint density at radius 2 is 1.55 bits per heavy atom. The summed E-state index contributed by atoms with van der Waals surface area (Å²) < 4.78 is 26.1. The highest BCUT2D eigenvalue weighted by Gasteiger charge is 2.18. The average molecular weight is 437 g/mol. The number of rotatable bonds is 8. The summed E-state index contributed by atoms with van der Waals surface area (Å²) in [5, 5.41) is 2.95. The molecule has 0 aliphatic heterocycles. The molecule has 1 atom stereocenters. The molecule has 0 aliphatic carbocycles. The molecular weight excluding hydrogens is 408 g/mol. The predicted octanol–water partition coefficient (Wildman–Crippen LogP) is 4.49. The van der Waals surface area contributed by atoms with Gasteiger partial charge in [-0.15, -0.1) is 0 Å². The van der Waals surface area contributed by atoms with E-state index in [0.717, 1.165) is 16.7 Å². The zero-order chi connectivity index (χ0) is 22.4. The number of hydrogen-bond acceptors (Lipinski definition) is 3. The average Bonchev–Trinajstić information content (AvgIpc) is 2.77. The van der Waals surface area contributed by atoms with Gasteiger partial charge in [0.1, 0.15) is 0 Å². The second-order valence-electron chi connectivity index (χ2n) is 7.82. The maximum atomic E-state index is 12.5. The number of anilines is 1. The SMILES string of the molecule is Cc1ccc(CN(c2ccc(C(=O)NC[C@H](C)c3ccccc3)cc2)S(C)(=O)=O)cc1. The highest BCUT2D eigenvalue weighted by molar-refractivity contribution is 7.92. The van der Waals surface area contributed by atoms with Crippen LogP contribution in [0, 0.1) is 6.92 Å². The molecule has 0 unspecified atom stereocenters. The lowest BCUT2D eigenvalue weighted by Gasteiger charge is -2.23. The number of nitrogens with one attached hydrogen (secondary N) is 1. The van der Waals surface area contributed by atoms with Crippen LogP contribution in [0.5, 0.6) is 0 Å². The number of carbonyl (C=O) groups excluding carboxylic acids is 1. The van der Waals surface area contributed by atoms with E-state index < -0.39 is 10.0 Å².